The van der Waals surface area contributed by atoms with Crippen molar-refractivity contribution in [3.63, 3.8) is 0 Å². The monoisotopic (exact) mass is 248 g/mol. The summed E-state index contributed by atoms with van der Waals surface area (Å²) in [6.07, 6.45) is 0.956. The minimum Gasteiger partial charge on any atom is -0.355 e. The van der Waals surface area contributed by atoms with Crippen LogP contribution in [0.2, 0.25) is 0 Å². The van der Waals surface area contributed by atoms with Crippen LogP contribution in [0.15, 0.2) is 0 Å². The van der Waals surface area contributed by atoms with Crippen LogP contribution in [-0.2, 0) is 15.6 Å². The lowest BCUT2D eigenvalue weighted by molar-refractivity contribution is -0.118. The molecule has 0 fully saturated rings. The van der Waals surface area contributed by atoms with Crippen molar-refractivity contribution in [3.05, 3.63) is 0 Å². The molecule has 0 aromatic carbocycles. The van der Waals surface area contributed by atoms with Crippen LogP contribution < -0.4 is 11.1 Å². The highest BCUT2D eigenvalue weighted by Crippen LogP contribution is 1.98. The van der Waals surface area contributed by atoms with E-state index in [2.05, 4.69) is 19.2 Å². The van der Waals surface area contributed by atoms with Gasteiger partial charge in [0.1, 0.15) is 5.75 Å². The first-order chi connectivity index (χ1) is 7.45. The van der Waals surface area contributed by atoms with Gasteiger partial charge in [-0.05, 0) is 24.8 Å². The lowest BCUT2D eigenvalue weighted by atomic mass is 10.1. The van der Waals surface area contributed by atoms with E-state index in [1.807, 2.05) is 6.92 Å². The Balaban J connectivity index is 3.66. The predicted octanol–water partition coefficient (Wildman–Crippen LogP) is 0.492. The second kappa shape index (κ2) is 8.70. The van der Waals surface area contributed by atoms with Crippen LogP contribution in [0.4, 0.5) is 0 Å². The molecule has 0 aromatic heterocycles. The van der Waals surface area contributed by atoms with Crippen LogP contribution in [-0.4, -0.2) is 34.7 Å². The Morgan fingerprint density at radius 2 is 2.00 bits per heavy atom. The molecule has 0 aromatic rings. The van der Waals surface area contributed by atoms with Crippen LogP contribution in [0.1, 0.15) is 27.2 Å². The molecule has 1 amide bonds. The predicted molar refractivity (Wildman–Crippen MR) is 68.6 cm³/mol. The molecule has 2 atom stereocenters. The summed E-state index contributed by atoms with van der Waals surface area (Å²) in [6.45, 7) is 7.33. The second-order valence-electron chi connectivity index (χ2n) is 4.62. The molecule has 5 heteroatoms. The van der Waals surface area contributed by atoms with E-state index >= 15 is 0 Å². The smallest absolute Gasteiger partial charge is 0.232 e. The molecule has 3 N–H and O–H groups in total. The van der Waals surface area contributed by atoms with Gasteiger partial charge in [-0.2, -0.15) is 0 Å². The summed E-state index contributed by atoms with van der Waals surface area (Å²) in [5.41, 5.74) is 5.43. The Labute approximate surface area is 101 Å². The summed E-state index contributed by atoms with van der Waals surface area (Å²) in [5, 5.41) is 2.77. The van der Waals surface area contributed by atoms with E-state index in [4.69, 9.17) is 5.73 Å². The molecule has 16 heavy (non-hydrogen) atoms. The SMILES string of the molecule is CC(C)CCNC(=O)CS(=O)CC(C)CN. The fourth-order valence-corrected chi connectivity index (χ4v) is 2.42. The Morgan fingerprint density at radius 1 is 1.38 bits per heavy atom. The van der Waals surface area contributed by atoms with Gasteiger partial charge in [0.2, 0.25) is 5.91 Å². The summed E-state index contributed by atoms with van der Waals surface area (Å²) in [6, 6.07) is 0. The van der Waals surface area contributed by atoms with Crippen molar-refractivity contribution < 1.29 is 9.00 Å². The van der Waals surface area contributed by atoms with E-state index in [-0.39, 0.29) is 17.6 Å². The van der Waals surface area contributed by atoms with Crippen LogP contribution >= 0.6 is 0 Å². The number of hydrogen-bond acceptors (Lipinski definition) is 3. The van der Waals surface area contributed by atoms with Crippen LogP contribution in [0.25, 0.3) is 0 Å². The van der Waals surface area contributed by atoms with Crippen LogP contribution in [0, 0.1) is 11.8 Å². The average molecular weight is 248 g/mol. The average Bonchev–Trinajstić information content (AvgIpc) is 2.16. The van der Waals surface area contributed by atoms with Crippen molar-refractivity contribution in [2.45, 2.75) is 27.2 Å². The van der Waals surface area contributed by atoms with Gasteiger partial charge in [0.05, 0.1) is 0 Å². The fraction of sp³-hybridized carbons (Fsp3) is 0.909. The summed E-state index contributed by atoms with van der Waals surface area (Å²) in [5.74, 6) is 1.27. The molecule has 0 saturated heterocycles. The summed E-state index contributed by atoms with van der Waals surface area (Å²) in [4.78, 5) is 11.4. The Kier molecular flexibility index (Phi) is 8.47. The molecule has 0 radical (unpaired) electrons. The van der Waals surface area contributed by atoms with Gasteiger partial charge in [-0.25, -0.2) is 0 Å². The summed E-state index contributed by atoms with van der Waals surface area (Å²) >= 11 is 0. The lowest BCUT2D eigenvalue weighted by Gasteiger charge is -2.09. The van der Waals surface area contributed by atoms with Gasteiger partial charge < -0.3 is 11.1 Å². The topological polar surface area (TPSA) is 72.2 Å². The molecule has 0 heterocycles. The highest BCUT2D eigenvalue weighted by atomic mass is 32.2. The van der Waals surface area contributed by atoms with Crippen molar-refractivity contribution >= 4 is 16.7 Å². The van der Waals surface area contributed by atoms with Crippen molar-refractivity contribution in [2.75, 3.05) is 24.6 Å². The largest absolute Gasteiger partial charge is 0.355 e. The molecule has 96 valence electrons. The third kappa shape index (κ3) is 8.85. The number of rotatable bonds is 8. The third-order valence-electron chi connectivity index (χ3n) is 2.21. The van der Waals surface area contributed by atoms with E-state index in [9.17, 15) is 9.00 Å². The maximum atomic E-state index is 11.5. The van der Waals surface area contributed by atoms with E-state index in [0.29, 0.717) is 24.8 Å². The molecule has 4 nitrogen and oxygen atoms in total. The van der Waals surface area contributed by atoms with Gasteiger partial charge in [0.15, 0.2) is 0 Å². The van der Waals surface area contributed by atoms with E-state index in [1.54, 1.807) is 0 Å². The standard InChI is InChI=1S/C11H24N2O2S/c1-9(2)4-5-13-11(14)8-16(15)7-10(3)6-12/h9-10H,4-8,12H2,1-3H3,(H,13,14). The van der Waals surface area contributed by atoms with E-state index in [1.165, 1.54) is 0 Å². The Hall–Kier alpha value is -0.420. The fourth-order valence-electron chi connectivity index (χ4n) is 1.14. The van der Waals surface area contributed by atoms with Gasteiger partial charge in [-0.3, -0.25) is 9.00 Å². The molecule has 0 aliphatic rings. The maximum Gasteiger partial charge on any atom is 0.232 e. The van der Waals surface area contributed by atoms with Gasteiger partial charge in [-0.1, -0.05) is 20.8 Å². The number of nitrogens with one attached hydrogen (secondary N) is 1. The van der Waals surface area contributed by atoms with Crippen LogP contribution in [0.5, 0.6) is 0 Å². The molecule has 0 saturated carbocycles. The molecule has 0 spiro atoms. The zero-order chi connectivity index (χ0) is 12.6. The van der Waals surface area contributed by atoms with Gasteiger partial charge in [0.25, 0.3) is 0 Å². The summed E-state index contributed by atoms with van der Waals surface area (Å²) in [7, 11) is -1.09. The Bertz CT molecular complexity index is 232. The lowest BCUT2D eigenvalue weighted by Crippen LogP contribution is -2.31. The van der Waals surface area contributed by atoms with Gasteiger partial charge >= 0.3 is 0 Å². The normalized spacial score (nSPS) is 14.8. The zero-order valence-corrected chi connectivity index (χ0v) is 11.3. The van der Waals surface area contributed by atoms with Crippen molar-refractivity contribution in [2.24, 2.45) is 17.6 Å². The van der Waals surface area contributed by atoms with E-state index < -0.39 is 10.8 Å². The number of carbonyl (C=O) groups excluding carboxylic acids is 1. The molecule has 0 bridgehead atoms. The minimum absolute atomic E-state index is 0.0996. The molecular weight excluding hydrogens is 224 g/mol. The Morgan fingerprint density at radius 3 is 2.50 bits per heavy atom. The third-order valence-corrected chi connectivity index (χ3v) is 3.73. The first-order valence-corrected chi connectivity index (χ1v) is 7.26. The highest BCUT2D eigenvalue weighted by molar-refractivity contribution is 7.85. The first kappa shape index (κ1) is 15.6. The first-order valence-electron chi connectivity index (χ1n) is 5.77. The number of nitrogens with two attached hydrogens (primary N) is 1. The number of hydrogen-bond donors (Lipinski definition) is 2. The van der Waals surface area contributed by atoms with E-state index in [0.717, 1.165) is 6.42 Å². The zero-order valence-electron chi connectivity index (χ0n) is 10.5. The number of amides is 1. The second-order valence-corrected chi connectivity index (χ2v) is 6.13. The molecule has 0 rings (SSSR count). The molecule has 0 aliphatic heterocycles. The van der Waals surface area contributed by atoms with Gasteiger partial charge in [-0.15, -0.1) is 0 Å². The molecule has 0 aliphatic carbocycles. The van der Waals surface area contributed by atoms with Crippen molar-refractivity contribution in [1.82, 2.24) is 5.32 Å². The molecular formula is C11H24N2O2S. The van der Waals surface area contributed by atoms with Crippen LogP contribution in [0.3, 0.4) is 0 Å². The number of carbonyl (C=O) groups is 1. The quantitative estimate of drug-likeness (QED) is 0.657. The maximum absolute atomic E-state index is 11.5. The highest BCUT2D eigenvalue weighted by Gasteiger charge is 2.10. The summed E-state index contributed by atoms with van der Waals surface area (Å²) < 4.78 is 11.5. The van der Waals surface area contributed by atoms with Crippen molar-refractivity contribution in [1.29, 1.82) is 0 Å². The minimum atomic E-state index is -1.09. The molecule has 2 unspecified atom stereocenters. The van der Waals surface area contributed by atoms with Crippen molar-refractivity contribution in [3.8, 4) is 0 Å². The van der Waals surface area contributed by atoms with Gasteiger partial charge in [0, 0.05) is 23.1 Å².